The summed E-state index contributed by atoms with van der Waals surface area (Å²) in [6.45, 7) is 1.82. The van der Waals surface area contributed by atoms with Crippen LogP contribution in [-0.2, 0) is 0 Å². The number of aryl methyl sites for hydroxylation is 1. The van der Waals surface area contributed by atoms with Gasteiger partial charge < -0.3 is 10.4 Å². The predicted octanol–water partition coefficient (Wildman–Crippen LogP) is 2.67. The minimum Gasteiger partial charge on any atom is -0.394 e. The first-order chi connectivity index (χ1) is 8.69. The summed E-state index contributed by atoms with van der Waals surface area (Å²) in [6, 6.07) is 9.64. The SMILES string of the molecule is Cc1ccc(C(CO)Nc2cccc(F)c2)cn1. The lowest BCUT2D eigenvalue weighted by molar-refractivity contribution is 0.276. The number of nitrogens with one attached hydrogen (secondary N) is 1. The first kappa shape index (κ1) is 12.5. The van der Waals surface area contributed by atoms with E-state index in [1.165, 1.54) is 12.1 Å². The van der Waals surface area contributed by atoms with Crippen LogP contribution in [0.4, 0.5) is 10.1 Å². The van der Waals surface area contributed by atoms with Crippen LogP contribution in [0.2, 0.25) is 0 Å². The van der Waals surface area contributed by atoms with Gasteiger partial charge >= 0.3 is 0 Å². The van der Waals surface area contributed by atoms with Crippen molar-refractivity contribution in [2.45, 2.75) is 13.0 Å². The van der Waals surface area contributed by atoms with Crippen molar-refractivity contribution in [3.05, 3.63) is 59.7 Å². The molecular weight excluding hydrogens is 231 g/mol. The van der Waals surface area contributed by atoms with Crippen molar-refractivity contribution < 1.29 is 9.50 Å². The van der Waals surface area contributed by atoms with Gasteiger partial charge in [0.2, 0.25) is 0 Å². The molecule has 0 aliphatic rings. The van der Waals surface area contributed by atoms with E-state index >= 15 is 0 Å². The molecule has 4 heteroatoms. The fourth-order valence-corrected chi connectivity index (χ4v) is 1.70. The Balaban J connectivity index is 2.17. The monoisotopic (exact) mass is 246 g/mol. The van der Waals surface area contributed by atoms with Gasteiger partial charge in [0.25, 0.3) is 0 Å². The van der Waals surface area contributed by atoms with E-state index in [-0.39, 0.29) is 18.5 Å². The van der Waals surface area contributed by atoms with Crippen LogP contribution in [0.3, 0.4) is 0 Å². The number of pyridine rings is 1. The van der Waals surface area contributed by atoms with Crippen LogP contribution >= 0.6 is 0 Å². The molecular formula is C14H15FN2O. The number of aliphatic hydroxyl groups excluding tert-OH is 1. The van der Waals surface area contributed by atoms with Gasteiger partial charge in [-0.2, -0.15) is 0 Å². The molecule has 1 heterocycles. The van der Waals surface area contributed by atoms with Crippen LogP contribution in [-0.4, -0.2) is 16.7 Å². The smallest absolute Gasteiger partial charge is 0.125 e. The largest absolute Gasteiger partial charge is 0.394 e. The fraction of sp³-hybridized carbons (Fsp3) is 0.214. The first-order valence-corrected chi connectivity index (χ1v) is 5.74. The molecule has 1 aromatic heterocycles. The number of halogens is 1. The van der Waals surface area contributed by atoms with Crippen molar-refractivity contribution in [1.82, 2.24) is 4.98 Å². The summed E-state index contributed by atoms with van der Waals surface area (Å²) in [7, 11) is 0. The van der Waals surface area contributed by atoms with Crippen LogP contribution in [0.15, 0.2) is 42.6 Å². The molecule has 0 saturated carbocycles. The second kappa shape index (κ2) is 5.60. The minimum atomic E-state index is -0.307. The Hall–Kier alpha value is -1.94. The van der Waals surface area contributed by atoms with Gasteiger partial charge in [-0.1, -0.05) is 12.1 Å². The molecule has 18 heavy (non-hydrogen) atoms. The molecule has 2 N–H and O–H groups in total. The van der Waals surface area contributed by atoms with Crippen LogP contribution in [0, 0.1) is 12.7 Å². The van der Waals surface area contributed by atoms with Gasteiger partial charge in [-0.05, 0) is 36.8 Å². The highest BCUT2D eigenvalue weighted by Gasteiger charge is 2.10. The zero-order valence-corrected chi connectivity index (χ0v) is 10.1. The summed E-state index contributed by atoms with van der Waals surface area (Å²) in [4.78, 5) is 4.18. The van der Waals surface area contributed by atoms with E-state index in [0.29, 0.717) is 5.69 Å². The maximum absolute atomic E-state index is 13.1. The maximum atomic E-state index is 13.1. The number of aromatic nitrogens is 1. The van der Waals surface area contributed by atoms with Crippen molar-refractivity contribution >= 4 is 5.69 Å². The number of nitrogens with zero attached hydrogens (tertiary/aromatic N) is 1. The average molecular weight is 246 g/mol. The van der Waals surface area contributed by atoms with E-state index in [4.69, 9.17) is 0 Å². The number of anilines is 1. The maximum Gasteiger partial charge on any atom is 0.125 e. The molecule has 1 unspecified atom stereocenters. The lowest BCUT2D eigenvalue weighted by atomic mass is 10.1. The van der Waals surface area contributed by atoms with E-state index < -0.39 is 0 Å². The van der Waals surface area contributed by atoms with E-state index in [1.54, 1.807) is 18.3 Å². The van der Waals surface area contributed by atoms with Crippen molar-refractivity contribution in [2.24, 2.45) is 0 Å². The van der Waals surface area contributed by atoms with E-state index in [0.717, 1.165) is 11.3 Å². The van der Waals surface area contributed by atoms with Crippen molar-refractivity contribution in [1.29, 1.82) is 0 Å². The molecule has 94 valence electrons. The highest BCUT2D eigenvalue weighted by molar-refractivity contribution is 5.45. The number of hydrogen-bond donors (Lipinski definition) is 2. The van der Waals surface area contributed by atoms with Gasteiger partial charge in [0.15, 0.2) is 0 Å². The average Bonchev–Trinajstić information content (AvgIpc) is 2.37. The Bertz CT molecular complexity index is 513. The highest BCUT2D eigenvalue weighted by atomic mass is 19.1. The Morgan fingerprint density at radius 2 is 2.17 bits per heavy atom. The molecule has 3 nitrogen and oxygen atoms in total. The summed E-state index contributed by atoms with van der Waals surface area (Å²) in [5.74, 6) is -0.307. The summed E-state index contributed by atoms with van der Waals surface area (Å²) in [5, 5.41) is 12.5. The number of rotatable bonds is 4. The third-order valence-corrected chi connectivity index (χ3v) is 2.68. The number of benzene rings is 1. The van der Waals surface area contributed by atoms with Gasteiger partial charge in [-0.15, -0.1) is 0 Å². The molecule has 2 rings (SSSR count). The molecule has 0 aliphatic heterocycles. The molecule has 2 aromatic rings. The van der Waals surface area contributed by atoms with Gasteiger partial charge in [0, 0.05) is 17.6 Å². The third-order valence-electron chi connectivity index (χ3n) is 2.68. The van der Waals surface area contributed by atoms with Crippen molar-refractivity contribution in [3.8, 4) is 0 Å². The molecule has 1 atom stereocenters. The van der Waals surface area contributed by atoms with Crippen LogP contribution in [0.25, 0.3) is 0 Å². The molecule has 0 spiro atoms. The summed E-state index contributed by atoms with van der Waals surface area (Å²) >= 11 is 0. The first-order valence-electron chi connectivity index (χ1n) is 5.74. The zero-order chi connectivity index (χ0) is 13.0. The van der Waals surface area contributed by atoms with Gasteiger partial charge in [0.1, 0.15) is 5.82 Å². The van der Waals surface area contributed by atoms with E-state index in [1.807, 2.05) is 19.1 Å². The van der Waals surface area contributed by atoms with Crippen molar-refractivity contribution in [2.75, 3.05) is 11.9 Å². The second-order valence-corrected chi connectivity index (χ2v) is 4.12. The molecule has 0 aliphatic carbocycles. The van der Waals surface area contributed by atoms with Crippen LogP contribution in [0.5, 0.6) is 0 Å². The summed E-state index contributed by atoms with van der Waals surface area (Å²) in [6.07, 6.45) is 1.71. The summed E-state index contributed by atoms with van der Waals surface area (Å²) in [5.41, 5.74) is 2.42. The molecule has 0 saturated heterocycles. The highest BCUT2D eigenvalue weighted by Crippen LogP contribution is 2.19. The molecule has 0 fully saturated rings. The Kier molecular flexibility index (Phi) is 3.89. The van der Waals surface area contributed by atoms with Gasteiger partial charge in [-0.3, -0.25) is 4.98 Å². The zero-order valence-electron chi connectivity index (χ0n) is 10.1. The normalized spacial score (nSPS) is 12.2. The minimum absolute atomic E-state index is 0.0821. The number of aliphatic hydroxyl groups is 1. The topological polar surface area (TPSA) is 45.1 Å². The van der Waals surface area contributed by atoms with Crippen molar-refractivity contribution in [3.63, 3.8) is 0 Å². The third kappa shape index (κ3) is 3.05. The van der Waals surface area contributed by atoms with Crippen LogP contribution < -0.4 is 5.32 Å². The second-order valence-electron chi connectivity index (χ2n) is 4.12. The van der Waals surface area contributed by atoms with E-state index in [9.17, 15) is 9.50 Å². The molecule has 0 amide bonds. The summed E-state index contributed by atoms with van der Waals surface area (Å²) < 4.78 is 13.1. The van der Waals surface area contributed by atoms with Gasteiger partial charge in [-0.25, -0.2) is 4.39 Å². The standard InChI is InChI=1S/C14H15FN2O/c1-10-5-6-11(8-16-10)14(9-18)17-13-4-2-3-12(15)7-13/h2-8,14,17-18H,9H2,1H3. The quantitative estimate of drug-likeness (QED) is 0.871. The lowest BCUT2D eigenvalue weighted by Gasteiger charge is -2.17. The Morgan fingerprint density at radius 3 is 2.78 bits per heavy atom. The van der Waals surface area contributed by atoms with Crippen LogP contribution in [0.1, 0.15) is 17.3 Å². The Morgan fingerprint density at radius 1 is 1.33 bits per heavy atom. The molecule has 0 radical (unpaired) electrons. The van der Waals surface area contributed by atoms with Gasteiger partial charge in [0.05, 0.1) is 12.6 Å². The van der Waals surface area contributed by atoms with E-state index in [2.05, 4.69) is 10.3 Å². The Labute approximate surface area is 105 Å². The lowest BCUT2D eigenvalue weighted by Crippen LogP contribution is -2.15. The molecule has 1 aromatic carbocycles. The fourth-order valence-electron chi connectivity index (χ4n) is 1.70. The number of hydrogen-bond acceptors (Lipinski definition) is 3. The predicted molar refractivity (Wildman–Crippen MR) is 68.8 cm³/mol. The molecule has 0 bridgehead atoms.